The highest BCUT2D eigenvalue weighted by molar-refractivity contribution is 7.16. The minimum Gasteiger partial charge on any atom is -0.484 e. The average molecular weight is 335 g/mol. The molecule has 0 radical (unpaired) electrons. The van der Waals surface area contributed by atoms with Crippen LogP contribution in [-0.2, 0) is 11.2 Å². The monoisotopic (exact) mass is 334 g/mol. The highest BCUT2D eigenvalue weighted by atomic mass is 35.5. The number of nitrogens with zero attached hydrogens (tertiary/aromatic N) is 1. The van der Waals surface area contributed by atoms with E-state index < -0.39 is 0 Å². The highest BCUT2D eigenvalue weighted by Gasteiger charge is 2.16. The van der Waals surface area contributed by atoms with Gasteiger partial charge in [0.15, 0.2) is 6.61 Å². The predicted molar refractivity (Wildman–Crippen MR) is 88.7 cm³/mol. The fraction of sp³-hybridized carbons (Fsp3) is 0.250. The molecule has 2 aromatic rings. The van der Waals surface area contributed by atoms with E-state index in [1.165, 1.54) is 11.3 Å². The Morgan fingerprint density at radius 1 is 1.41 bits per heavy atom. The van der Waals surface area contributed by atoms with Crippen LogP contribution in [0.15, 0.2) is 24.3 Å². The van der Waals surface area contributed by atoms with Crippen LogP contribution in [0, 0.1) is 18.3 Å². The summed E-state index contributed by atoms with van der Waals surface area (Å²) in [6.07, 6.45) is 0.766. The van der Waals surface area contributed by atoms with E-state index in [0.717, 1.165) is 16.9 Å². The number of nitrogens with one attached hydrogen (secondary N) is 1. The first-order chi connectivity index (χ1) is 10.5. The standard InChI is InChI=1S/C16H15ClN2O2S/c1-3-13-10(2)22-16(14(13)8-18)19-15(20)9-21-12-6-4-11(17)5-7-12/h4-7H,3,9H2,1-2H3,(H,19,20). The Bertz CT molecular complexity index is 717. The number of anilines is 1. The molecule has 0 saturated carbocycles. The van der Waals surface area contributed by atoms with Crippen molar-refractivity contribution < 1.29 is 9.53 Å². The molecule has 114 valence electrons. The van der Waals surface area contributed by atoms with E-state index in [0.29, 0.717) is 21.3 Å². The van der Waals surface area contributed by atoms with Gasteiger partial charge in [-0.05, 0) is 43.2 Å². The van der Waals surface area contributed by atoms with Crippen molar-refractivity contribution in [1.82, 2.24) is 0 Å². The zero-order chi connectivity index (χ0) is 16.1. The number of aryl methyl sites for hydroxylation is 1. The summed E-state index contributed by atoms with van der Waals surface area (Å²) in [5, 5.41) is 13.2. The van der Waals surface area contributed by atoms with E-state index >= 15 is 0 Å². The lowest BCUT2D eigenvalue weighted by atomic mass is 10.1. The van der Waals surface area contributed by atoms with Crippen molar-refractivity contribution >= 4 is 33.8 Å². The number of amides is 1. The van der Waals surface area contributed by atoms with Crippen LogP contribution < -0.4 is 10.1 Å². The van der Waals surface area contributed by atoms with Crippen molar-refractivity contribution in [1.29, 1.82) is 5.26 Å². The first-order valence-electron chi connectivity index (χ1n) is 6.75. The number of benzene rings is 1. The number of halogens is 1. The minimum absolute atomic E-state index is 0.120. The molecule has 0 spiro atoms. The largest absolute Gasteiger partial charge is 0.484 e. The van der Waals surface area contributed by atoms with Gasteiger partial charge in [-0.2, -0.15) is 5.26 Å². The molecule has 1 heterocycles. The maximum absolute atomic E-state index is 12.0. The van der Waals surface area contributed by atoms with Gasteiger partial charge in [-0.15, -0.1) is 11.3 Å². The number of nitriles is 1. The third-order valence-electron chi connectivity index (χ3n) is 3.11. The van der Waals surface area contributed by atoms with Crippen LogP contribution in [-0.4, -0.2) is 12.5 Å². The molecule has 0 saturated heterocycles. The zero-order valence-corrected chi connectivity index (χ0v) is 13.8. The molecule has 6 heteroatoms. The number of hydrogen-bond donors (Lipinski definition) is 1. The van der Waals surface area contributed by atoms with Gasteiger partial charge in [0.05, 0.1) is 5.56 Å². The topological polar surface area (TPSA) is 62.1 Å². The SMILES string of the molecule is CCc1c(C)sc(NC(=O)COc2ccc(Cl)cc2)c1C#N. The van der Waals surface area contributed by atoms with Crippen LogP contribution in [0.2, 0.25) is 5.02 Å². The summed E-state index contributed by atoms with van der Waals surface area (Å²) in [4.78, 5) is 13.0. The van der Waals surface area contributed by atoms with Crippen LogP contribution in [0.5, 0.6) is 5.75 Å². The number of carbonyl (C=O) groups is 1. The van der Waals surface area contributed by atoms with E-state index in [1.807, 2.05) is 13.8 Å². The van der Waals surface area contributed by atoms with Crippen molar-refractivity contribution in [3.63, 3.8) is 0 Å². The number of hydrogen-bond acceptors (Lipinski definition) is 4. The summed E-state index contributed by atoms with van der Waals surface area (Å²) in [6, 6.07) is 8.94. The summed E-state index contributed by atoms with van der Waals surface area (Å²) in [5.74, 6) is 0.270. The number of ether oxygens (including phenoxy) is 1. The van der Waals surface area contributed by atoms with Crippen LogP contribution >= 0.6 is 22.9 Å². The second-order valence-electron chi connectivity index (χ2n) is 4.60. The molecule has 0 unspecified atom stereocenters. The summed E-state index contributed by atoms with van der Waals surface area (Å²) < 4.78 is 5.38. The molecular formula is C16H15ClN2O2S. The maximum atomic E-state index is 12.0. The van der Waals surface area contributed by atoms with E-state index in [-0.39, 0.29) is 12.5 Å². The van der Waals surface area contributed by atoms with Crippen LogP contribution in [0.25, 0.3) is 0 Å². The van der Waals surface area contributed by atoms with Gasteiger partial charge in [-0.1, -0.05) is 18.5 Å². The Hall–Kier alpha value is -2.03. The van der Waals surface area contributed by atoms with Crippen LogP contribution in [0.4, 0.5) is 5.00 Å². The van der Waals surface area contributed by atoms with Gasteiger partial charge in [0, 0.05) is 9.90 Å². The zero-order valence-electron chi connectivity index (χ0n) is 12.3. The Labute approximate surface area is 138 Å². The van der Waals surface area contributed by atoms with Gasteiger partial charge in [-0.25, -0.2) is 0 Å². The van der Waals surface area contributed by atoms with E-state index in [1.54, 1.807) is 24.3 Å². The van der Waals surface area contributed by atoms with Crippen LogP contribution in [0.3, 0.4) is 0 Å². The predicted octanol–water partition coefficient (Wildman–Crippen LogP) is 4.16. The second-order valence-corrected chi connectivity index (χ2v) is 6.26. The fourth-order valence-electron chi connectivity index (χ4n) is 2.05. The Morgan fingerprint density at radius 3 is 2.68 bits per heavy atom. The van der Waals surface area contributed by atoms with Crippen molar-refractivity contribution in [2.75, 3.05) is 11.9 Å². The number of thiophene rings is 1. The quantitative estimate of drug-likeness (QED) is 0.893. The first kappa shape index (κ1) is 16.3. The van der Waals surface area contributed by atoms with Crippen molar-refractivity contribution in [3.05, 3.63) is 45.3 Å². The van der Waals surface area contributed by atoms with E-state index in [2.05, 4.69) is 11.4 Å². The summed E-state index contributed by atoms with van der Waals surface area (Å²) >= 11 is 7.20. The molecule has 22 heavy (non-hydrogen) atoms. The molecule has 0 aliphatic rings. The van der Waals surface area contributed by atoms with Gasteiger partial charge in [0.25, 0.3) is 5.91 Å². The Morgan fingerprint density at radius 2 is 2.09 bits per heavy atom. The lowest BCUT2D eigenvalue weighted by molar-refractivity contribution is -0.118. The maximum Gasteiger partial charge on any atom is 0.262 e. The van der Waals surface area contributed by atoms with Gasteiger partial charge in [-0.3, -0.25) is 4.79 Å². The molecule has 4 nitrogen and oxygen atoms in total. The summed E-state index contributed by atoms with van der Waals surface area (Å²) in [5.41, 5.74) is 1.53. The molecule has 1 amide bonds. The smallest absolute Gasteiger partial charge is 0.262 e. The average Bonchev–Trinajstić information content (AvgIpc) is 2.81. The second kappa shape index (κ2) is 7.30. The highest BCUT2D eigenvalue weighted by Crippen LogP contribution is 2.32. The molecule has 0 aliphatic carbocycles. The lowest BCUT2D eigenvalue weighted by Gasteiger charge is -2.06. The third-order valence-corrected chi connectivity index (χ3v) is 4.43. The van der Waals surface area contributed by atoms with Gasteiger partial charge in [0.1, 0.15) is 16.8 Å². The molecule has 1 aromatic carbocycles. The minimum atomic E-state index is -0.296. The van der Waals surface area contributed by atoms with Gasteiger partial charge in [0.2, 0.25) is 0 Å². The van der Waals surface area contributed by atoms with Gasteiger partial charge >= 0.3 is 0 Å². The molecule has 1 aromatic heterocycles. The molecule has 1 N–H and O–H groups in total. The lowest BCUT2D eigenvalue weighted by Crippen LogP contribution is -2.20. The molecule has 2 rings (SSSR count). The third kappa shape index (κ3) is 3.79. The van der Waals surface area contributed by atoms with Crippen LogP contribution in [0.1, 0.15) is 22.9 Å². The molecule has 0 bridgehead atoms. The summed E-state index contributed by atoms with van der Waals surface area (Å²) in [6.45, 7) is 3.82. The normalized spacial score (nSPS) is 10.1. The van der Waals surface area contributed by atoms with E-state index in [9.17, 15) is 10.1 Å². The van der Waals surface area contributed by atoms with Gasteiger partial charge < -0.3 is 10.1 Å². The molecule has 0 aliphatic heterocycles. The fourth-order valence-corrected chi connectivity index (χ4v) is 3.29. The number of rotatable bonds is 5. The number of carbonyl (C=O) groups excluding carboxylic acids is 1. The Balaban J connectivity index is 2.01. The first-order valence-corrected chi connectivity index (χ1v) is 7.95. The molecule has 0 atom stereocenters. The van der Waals surface area contributed by atoms with Crippen molar-refractivity contribution in [2.24, 2.45) is 0 Å². The van der Waals surface area contributed by atoms with E-state index in [4.69, 9.17) is 16.3 Å². The van der Waals surface area contributed by atoms with Crippen molar-refractivity contribution in [2.45, 2.75) is 20.3 Å². The molecular weight excluding hydrogens is 320 g/mol. The van der Waals surface area contributed by atoms with Crippen molar-refractivity contribution in [3.8, 4) is 11.8 Å². The summed E-state index contributed by atoms with van der Waals surface area (Å²) in [7, 11) is 0. The molecule has 0 fully saturated rings. The Kier molecular flexibility index (Phi) is 5.42.